The first-order valence-electron chi connectivity index (χ1n) is 5.58. The Balaban J connectivity index is 2.19. The van der Waals surface area contributed by atoms with E-state index >= 15 is 0 Å². The number of aromatic nitrogens is 2. The van der Waals surface area contributed by atoms with Gasteiger partial charge in [-0.2, -0.15) is 0 Å². The molecule has 0 unspecified atom stereocenters. The molecule has 2 heterocycles. The van der Waals surface area contributed by atoms with E-state index in [4.69, 9.17) is 0 Å². The van der Waals surface area contributed by atoms with Gasteiger partial charge >= 0.3 is 5.69 Å². The number of nitrogens with zero attached hydrogens (tertiary/aromatic N) is 3. The Hall–Kier alpha value is -2.22. The highest BCUT2D eigenvalue weighted by molar-refractivity contribution is 7.09. The first-order chi connectivity index (χ1) is 9.10. The highest BCUT2D eigenvalue weighted by Crippen LogP contribution is 2.24. The van der Waals surface area contributed by atoms with Gasteiger partial charge in [-0.15, -0.1) is 11.3 Å². The second-order valence-electron chi connectivity index (χ2n) is 3.81. The molecule has 7 nitrogen and oxygen atoms in total. The summed E-state index contributed by atoms with van der Waals surface area (Å²) < 4.78 is 0. The molecule has 0 aromatic carbocycles. The summed E-state index contributed by atoms with van der Waals surface area (Å²) in [6, 6.07) is 2.99. The van der Waals surface area contributed by atoms with Crippen molar-refractivity contribution in [2.24, 2.45) is 0 Å². The Bertz CT molecular complexity index is 599. The van der Waals surface area contributed by atoms with Crippen LogP contribution in [0.4, 0.5) is 17.3 Å². The Morgan fingerprint density at radius 2 is 2.21 bits per heavy atom. The van der Waals surface area contributed by atoms with Crippen LogP contribution >= 0.6 is 11.3 Å². The van der Waals surface area contributed by atoms with Crippen LogP contribution in [-0.4, -0.2) is 21.9 Å². The number of aryl methyl sites for hydroxylation is 1. The van der Waals surface area contributed by atoms with Crippen molar-refractivity contribution in [3.8, 4) is 0 Å². The highest BCUT2D eigenvalue weighted by Gasteiger charge is 2.15. The first-order valence-corrected chi connectivity index (χ1v) is 6.46. The van der Waals surface area contributed by atoms with Crippen molar-refractivity contribution in [2.45, 2.75) is 13.5 Å². The van der Waals surface area contributed by atoms with Gasteiger partial charge in [0.05, 0.1) is 11.5 Å². The minimum Gasteiger partial charge on any atom is -0.373 e. The average molecular weight is 279 g/mol. The number of pyridine rings is 1. The number of rotatable bonds is 5. The number of anilines is 2. The van der Waals surface area contributed by atoms with Crippen LogP contribution in [-0.2, 0) is 6.54 Å². The van der Waals surface area contributed by atoms with Gasteiger partial charge in [0.25, 0.3) is 0 Å². The maximum Gasteiger partial charge on any atom is 0.311 e. The van der Waals surface area contributed by atoms with Gasteiger partial charge in [0.15, 0.2) is 0 Å². The number of nitrogens with one attached hydrogen (secondary N) is 2. The Labute approximate surface area is 113 Å². The third-order valence-corrected chi connectivity index (χ3v) is 3.37. The predicted octanol–water partition coefficient (Wildman–Crippen LogP) is 2.41. The molecule has 100 valence electrons. The van der Waals surface area contributed by atoms with E-state index in [9.17, 15) is 10.1 Å². The summed E-state index contributed by atoms with van der Waals surface area (Å²) in [7, 11) is 1.71. The number of nitro groups is 1. The first kappa shape index (κ1) is 13.2. The monoisotopic (exact) mass is 279 g/mol. The van der Waals surface area contributed by atoms with Gasteiger partial charge < -0.3 is 10.6 Å². The van der Waals surface area contributed by atoms with Crippen LogP contribution in [0.25, 0.3) is 0 Å². The topological polar surface area (TPSA) is 93.0 Å². The van der Waals surface area contributed by atoms with Gasteiger partial charge in [-0.05, 0) is 13.0 Å². The molecule has 0 fully saturated rings. The summed E-state index contributed by atoms with van der Waals surface area (Å²) >= 11 is 1.51. The normalized spacial score (nSPS) is 10.2. The van der Waals surface area contributed by atoms with Crippen molar-refractivity contribution < 1.29 is 4.92 Å². The fourth-order valence-corrected chi connectivity index (χ4v) is 2.22. The van der Waals surface area contributed by atoms with Crippen LogP contribution in [0.2, 0.25) is 0 Å². The van der Waals surface area contributed by atoms with Gasteiger partial charge in [-0.25, -0.2) is 9.97 Å². The minimum atomic E-state index is -0.456. The van der Waals surface area contributed by atoms with E-state index in [-0.39, 0.29) is 11.5 Å². The summed E-state index contributed by atoms with van der Waals surface area (Å²) in [5.74, 6) is 0.813. The van der Waals surface area contributed by atoms with E-state index in [1.165, 1.54) is 17.4 Å². The molecule has 0 atom stereocenters. The smallest absolute Gasteiger partial charge is 0.311 e. The quantitative estimate of drug-likeness (QED) is 0.645. The van der Waals surface area contributed by atoms with E-state index in [1.807, 2.05) is 12.3 Å². The van der Waals surface area contributed by atoms with Crippen molar-refractivity contribution in [1.29, 1.82) is 0 Å². The second kappa shape index (κ2) is 5.61. The molecular formula is C11H13N5O2S. The Morgan fingerprint density at radius 3 is 2.79 bits per heavy atom. The molecule has 0 saturated heterocycles. The third-order valence-electron chi connectivity index (χ3n) is 2.40. The molecular weight excluding hydrogens is 266 g/mol. The minimum absolute atomic E-state index is 0.0488. The van der Waals surface area contributed by atoms with Crippen LogP contribution in [0, 0.1) is 17.0 Å². The van der Waals surface area contributed by atoms with Crippen LogP contribution < -0.4 is 10.6 Å². The lowest BCUT2D eigenvalue weighted by atomic mass is 10.3. The zero-order valence-electron chi connectivity index (χ0n) is 10.5. The summed E-state index contributed by atoms with van der Waals surface area (Å²) in [5.41, 5.74) is 0.889. The zero-order chi connectivity index (χ0) is 13.8. The van der Waals surface area contributed by atoms with Gasteiger partial charge in [0, 0.05) is 24.2 Å². The van der Waals surface area contributed by atoms with E-state index in [2.05, 4.69) is 20.6 Å². The number of thiazole rings is 1. The van der Waals surface area contributed by atoms with Crippen molar-refractivity contribution in [3.05, 3.63) is 38.3 Å². The maximum atomic E-state index is 10.9. The van der Waals surface area contributed by atoms with E-state index < -0.39 is 4.92 Å². The van der Waals surface area contributed by atoms with Crippen LogP contribution in [0.5, 0.6) is 0 Å². The number of hydrogen-bond acceptors (Lipinski definition) is 7. The summed E-state index contributed by atoms with van der Waals surface area (Å²) in [4.78, 5) is 18.9. The van der Waals surface area contributed by atoms with Crippen LogP contribution in [0.1, 0.15) is 10.7 Å². The van der Waals surface area contributed by atoms with Crippen molar-refractivity contribution >= 4 is 28.7 Å². The fourth-order valence-electron chi connectivity index (χ4n) is 1.51. The molecule has 0 aliphatic heterocycles. The summed E-state index contributed by atoms with van der Waals surface area (Å²) in [6.45, 7) is 2.32. The van der Waals surface area contributed by atoms with Crippen molar-refractivity contribution in [2.75, 3.05) is 17.7 Å². The molecule has 2 N–H and O–H groups in total. The van der Waals surface area contributed by atoms with Crippen molar-refractivity contribution in [1.82, 2.24) is 9.97 Å². The molecule has 19 heavy (non-hydrogen) atoms. The number of hydrogen-bond donors (Lipinski definition) is 2. The molecule has 0 aliphatic carbocycles. The van der Waals surface area contributed by atoms with Gasteiger partial charge in [-0.3, -0.25) is 10.1 Å². The molecule has 2 aromatic heterocycles. The SMILES string of the molecule is CNc1ccc([N+](=O)[O-])c(NCc2nc(C)cs2)n1. The lowest BCUT2D eigenvalue weighted by Gasteiger charge is -2.06. The van der Waals surface area contributed by atoms with Gasteiger partial charge in [0.1, 0.15) is 10.8 Å². The highest BCUT2D eigenvalue weighted by atomic mass is 32.1. The van der Waals surface area contributed by atoms with Crippen molar-refractivity contribution in [3.63, 3.8) is 0 Å². The molecule has 8 heteroatoms. The molecule has 0 aliphatic rings. The fraction of sp³-hybridized carbons (Fsp3) is 0.273. The maximum absolute atomic E-state index is 10.9. The predicted molar refractivity (Wildman–Crippen MR) is 74.6 cm³/mol. The van der Waals surface area contributed by atoms with E-state index in [1.54, 1.807) is 13.1 Å². The molecule has 0 spiro atoms. The summed E-state index contributed by atoms with van der Waals surface area (Å²) in [5, 5.41) is 19.5. The van der Waals surface area contributed by atoms with E-state index in [0.29, 0.717) is 12.4 Å². The average Bonchev–Trinajstić information content (AvgIpc) is 2.81. The van der Waals surface area contributed by atoms with E-state index in [0.717, 1.165) is 10.7 Å². The Morgan fingerprint density at radius 1 is 1.42 bits per heavy atom. The molecule has 0 amide bonds. The van der Waals surface area contributed by atoms with Crippen LogP contribution in [0.3, 0.4) is 0 Å². The molecule has 0 radical (unpaired) electrons. The Kier molecular flexibility index (Phi) is 3.91. The molecule has 2 rings (SSSR count). The largest absolute Gasteiger partial charge is 0.373 e. The lowest BCUT2D eigenvalue weighted by molar-refractivity contribution is -0.384. The molecule has 0 bridgehead atoms. The zero-order valence-corrected chi connectivity index (χ0v) is 11.3. The molecule has 0 saturated carbocycles. The lowest BCUT2D eigenvalue weighted by Crippen LogP contribution is -2.06. The molecule has 2 aromatic rings. The summed E-state index contributed by atoms with van der Waals surface area (Å²) in [6.07, 6.45) is 0. The van der Waals surface area contributed by atoms with Crippen LogP contribution in [0.15, 0.2) is 17.5 Å². The third kappa shape index (κ3) is 3.16. The van der Waals surface area contributed by atoms with Gasteiger partial charge in [0.2, 0.25) is 5.82 Å². The standard InChI is InChI=1S/C11H13N5O2S/c1-7-6-19-10(14-7)5-13-11-8(16(17)18)3-4-9(12-2)15-11/h3-4,6H,5H2,1-2H3,(H2,12,13,15). The second-order valence-corrected chi connectivity index (χ2v) is 4.75. The van der Waals surface area contributed by atoms with Gasteiger partial charge in [-0.1, -0.05) is 0 Å².